The molecular formula is C16H16ClNO2. The summed E-state index contributed by atoms with van der Waals surface area (Å²) in [5, 5.41) is 21.4. The van der Waals surface area contributed by atoms with Crippen LogP contribution < -0.4 is 0 Å². The molecule has 3 rings (SSSR count). The lowest BCUT2D eigenvalue weighted by molar-refractivity contribution is 0.399. The second kappa shape index (κ2) is 4.60. The summed E-state index contributed by atoms with van der Waals surface area (Å²) in [5.41, 5.74) is 4.66. The lowest BCUT2D eigenvalue weighted by Crippen LogP contribution is -2.03. The number of halogens is 1. The molecule has 0 aliphatic heterocycles. The van der Waals surface area contributed by atoms with Crippen molar-refractivity contribution in [2.24, 2.45) is 0 Å². The number of nitrogens with zero attached hydrogens (tertiary/aromatic N) is 1. The summed E-state index contributed by atoms with van der Waals surface area (Å²) in [6.07, 6.45) is 1.33. The predicted molar refractivity (Wildman–Crippen MR) is 79.9 cm³/mol. The maximum Gasteiger partial charge on any atom is 0.202 e. The third-order valence-electron chi connectivity index (χ3n) is 4.03. The molecule has 1 heterocycles. The Balaban J connectivity index is 2.22. The average molecular weight is 290 g/mol. The molecule has 104 valence electrons. The van der Waals surface area contributed by atoms with Gasteiger partial charge in [0.15, 0.2) is 0 Å². The van der Waals surface area contributed by atoms with Crippen molar-refractivity contribution in [3.63, 3.8) is 0 Å². The van der Waals surface area contributed by atoms with Gasteiger partial charge in [0.2, 0.25) is 11.8 Å². The zero-order chi connectivity index (χ0) is 14.4. The van der Waals surface area contributed by atoms with E-state index < -0.39 is 0 Å². The number of hydrogen-bond acceptors (Lipinski definition) is 2. The SMILES string of the molecule is CC1=C(C)Cc2c(c(O)n(-c3ccccc3Cl)c2O)C1. The van der Waals surface area contributed by atoms with Crippen molar-refractivity contribution in [3.05, 3.63) is 51.6 Å². The number of hydrogen-bond donors (Lipinski definition) is 2. The van der Waals surface area contributed by atoms with Crippen LogP contribution >= 0.6 is 11.6 Å². The van der Waals surface area contributed by atoms with E-state index in [4.69, 9.17) is 11.6 Å². The van der Waals surface area contributed by atoms with Gasteiger partial charge in [0, 0.05) is 11.1 Å². The average Bonchev–Trinajstić information content (AvgIpc) is 2.64. The first-order valence-electron chi connectivity index (χ1n) is 6.55. The molecule has 20 heavy (non-hydrogen) atoms. The summed E-state index contributed by atoms with van der Waals surface area (Å²) in [5.74, 6) is 0.162. The molecule has 1 aromatic heterocycles. The lowest BCUT2D eigenvalue weighted by Gasteiger charge is -2.15. The van der Waals surface area contributed by atoms with E-state index in [9.17, 15) is 10.2 Å². The van der Waals surface area contributed by atoms with Gasteiger partial charge in [-0.3, -0.25) is 0 Å². The van der Waals surface area contributed by atoms with Gasteiger partial charge in [-0.15, -0.1) is 0 Å². The summed E-state index contributed by atoms with van der Waals surface area (Å²) in [6.45, 7) is 4.11. The first-order chi connectivity index (χ1) is 9.50. The molecule has 0 spiro atoms. The number of rotatable bonds is 1. The Morgan fingerprint density at radius 3 is 1.95 bits per heavy atom. The van der Waals surface area contributed by atoms with E-state index in [1.54, 1.807) is 12.1 Å². The highest BCUT2D eigenvalue weighted by Gasteiger charge is 2.27. The van der Waals surface area contributed by atoms with Crippen LogP contribution in [-0.4, -0.2) is 14.8 Å². The third kappa shape index (κ3) is 1.81. The van der Waals surface area contributed by atoms with Gasteiger partial charge in [0.25, 0.3) is 0 Å². The number of fused-ring (bicyclic) bond motifs is 1. The molecule has 0 atom stereocenters. The monoisotopic (exact) mass is 289 g/mol. The predicted octanol–water partition coefficient (Wildman–Crippen LogP) is 3.98. The molecule has 0 saturated carbocycles. The summed E-state index contributed by atoms with van der Waals surface area (Å²) in [4.78, 5) is 0. The zero-order valence-electron chi connectivity index (χ0n) is 11.4. The van der Waals surface area contributed by atoms with Crippen molar-refractivity contribution in [3.8, 4) is 17.4 Å². The van der Waals surface area contributed by atoms with E-state index >= 15 is 0 Å². The number of aromatic hydroxyl groups is 2. The van der Waals surface area contributed by atoms with Crippen molar-refractivity contribution in [2.75, 3.05) is 0 Å². The second-order valence-corrected chi connectivity index (χ2v) is 5.71. The van der Waals surface area contributed by atoms with Gasteiger partial charge >= 0.3 is 0 Å². The Morgan fingerprint density at radius 2 is 1.45 bits per heavy atom. The molecule has 0 fully saturated rings. The minimum Gasteiger partial charge on any atom is -0.494 e. The van der Waals surface area contributed by atoms with Gasteiger partial charge in [-0.1, -0.05) is 34.9 Å². The van der Waals surface area contributed by atoms with Crippen LogP contribution in [0.3, 0.4) is 0 Å². The van der Waals surface area contributed by atoms with Crippen LogP contribution in [0.15, 0.2) is 35.4 Å². The highest BCUT2D eigenvalue weighted by atomic mass is 35.5. The van der Waals surface area contributed by atoms with Crippen molar-refractivity contribution in [1.82, 2.24) is 4.57 Å². The van der Waals surface area contributed by atoms with Gasteiger partial charge in [0.05, 0.1) is 10.7 Å². The fraction of sp³-hybridized carbons (Fsp3) is 0.250. The minimum atomic E-state index is 0.0810. The molecule has 0 unspecified atom stereocenters. The molecule has 1 aliphatic carbocycles. The normalized spacial score (nSPS) is 14.6. The largest absolute Gasteiger partial charge is 0.494 e. The Bertz CT molecular complexity index is 691. The minimum absolute atomic E-state index is 0.0810. The standard InChI is InChI=1S/C16H16ClNO2/c1-9-7-11-12(8-10(9)2)16(20)18(15(11)19)14-6-4-3-5-13(14)17/h3-6,19-20H,7-8H2,1-2H3. The van der Waals surface area contributed by atoms with Gasteiger partial charge in [0.1, 0.15) is 0 Å². The van der Waals surface area contributed by atoms with Crippen molar-refractivity contribution < 1.29 is 10.2 Å². The Labute approximate surface area is 122 Å². The van der Waals surface area contributed by atoms with Crippen LogP contribution in [-0.2, 0) is 12.8 Å². The third-order valence-corrected chi connectivity index (χ3v) is 4.35. The molecule has 0 radical (unpaired) electrons. The van der Waals surface area contributed by atoms with E-state index in [0.29, 0.717) is 23.6 Å². The number of benzene rings is 1. The van der Waals surface area contributed by atoms with Gasteiger partial charge in [-0.05, 0) is 38.8 Å². The molecule has 0 bridgehead atoms. The molecule has 0 amide bonds. The molecule has 0 saturated heterocycles. The first kappa shape index (κ1) is 13.1. The maximum atomic E-state index is 10.5. The smallest absolute Gasteiger partial charge is 0.202 e. The highest BCUT2D eigenvalue weighted by Crippen LogP contribution is 2.43. The second-order valence-electron chi connectivity index (χ2n) is 5.31. The van der Waals surface area contributed by atoms with Gasteiger partial charge < -0.3 is 10.2 Å². The van der Waals surface area contributed by atoms with Crippen molar-refractivity contribution in [1.29, 1.82) is 0 Å². The summed E-state index contributed by atoms with van der Waals surface area (Å²) < 4.78 is 1.43. The lowest BCUT2D eigenvalue weighted by atomic mass is 9.90. The quantitative estimate of drug-likeness (QED) is 0.780. The maximum absolute atomic E-state index is 10.5. The fourth-order valence-corrected chi connectivity index (χ4v) is 2.93. The van der Waals surface area contributed by atoms with E-state index in [1.807, 2.05) is 12.1 Å². The number of aromatic nitrogens is 1. The number of allylic oxidation sites excluding steroid dienone is 2. The molecule has 2 N–H and O–H groups in total. The highest BCUT2D eigenvalue weighted by molar-refractivity contribution is 6.32. The van der Waals surface area contributed by atoms with Crippen LogP contribution in [0.25, 0.3) is 5.69 Å². The first-order valence-corrected chi connectivity index (χ1v) is 6.93. The summed E-state index contributed by atoms with van der Waals surface area (Å²) >= 11 is 6.17. The van der Waals surface area contributed by atoms with Crippen molar-refractivity contribution >= 4 is 11.6 Å². The van der Waals surface area contributed by atoms with Crippen LogP contribution in [0, 0.1) is 0 Å². The van der Waals surface area contributed by atoms with E-state index in [0.717, 1.165) is 11.1 Å². The Morgan fingerprint density at radius 1 is 0.950 bits per heavy atom. The van der Waals surface area contributed by atoms with E-state index in [2.05, 4.69) is 13.8 Å². The van der Waals surface area contributed by atoms with Crippen LogP contribution in [0.1, 0.15) is 25.0 Å². The van der Waals surface area contributed by atoms with E-state index in [1.165, 1.54) is 15.7 Å². The molecule has 4 heteroatoms. The van der Waals surface area contributed by atoms with Crippen LogP contribution in [0.5, 0.6) is 11.8 Å². The Hall–Kier alpha value is -1.87. The molecule has 3 nitrogen and oxygen atoms in total. The van der Waals surface area contributed by atoms with Crippen molar-refractivity contribution in [2.45, 2.75) is 26.7 Å². The Kier molecular flexibility index (Phi) is 3.02. The number of para-hydroxylation sites is 1. The van der Waals surface area contributed by atoms with Gasteiger partial charge in [-0.25, -0.2) is 4.57 Å². The summed E-state index contributed by atoms with van der Waals surface area (Å²) in [6, 6.07) is 7.16. The zero-order valence-corrected chi connectivity index (χ0v) is 12.2. The summed E-state index contributed by atoms with van der Waals surface area (Å²) in [7, 11) is 0. The van der Waals surface area contributed by atoms with Gasteiger partial charge in [-0.2, -0.15) is 0 Å². The fourth-order valence-electron chi connectivity index (χ4n) is 2.71. The topological polar surface area (TPSA) is 45.4 Å². The molecule has 1 aromatic carbocycles. The van der Waals surface area contributed by atoms with E-state index in [-0.39, 0.29) is 11.8 Å². The molecule has 2 aromatic rings. The molecular weight excluding hydrogens is 274 g/mol. The molecule has 1 aliphatic rings. The van der Waals surface area contributed by atoms with Crippen LogP contribution in [0.2, 0.25) is 5.02 Å². The van der Waals surface area contributed by atoms with Crippen LogP contribution in [0.4, 0.5) is 0 Å².